The first kappa shape index (κ1) is 18.6. The maximum atomic E-state index is 13.7. The van der Waals surface area contributed by atoms with Crippen molar-refractivity contribution >= 4 is 23.1 Å². The zero-order valence-electron chi connectivity index (χ0n) is 15.6. The second-order valence-electron chi connectivity index (χ2n) is 7.32. The number of nitrogens with zero attached hydrogens (tertiary/aromatic N) is 1. The lowest BCUT2D eigenvalue weighted by atomic mass is 9.87. The van der Waals surface area contributed by atoms with E-state index >= 15 is 0 Å². The number of hydrogen-bond acceptors (Lipinski definition) is 3. The van der Waals surface area contributed by atoms with Gasteiger partial charge in [0.05, 0.1) is 17.4 Å². The van der Waals surface area contributed by atoms with Crippen LogP contribution in [0.5, 0.6) is 0 Å². The third-order valence-electron chi connectivity index (χ3n) is 4.16. The predicted molar refractivity (Wildman–Crippen MR) is 107 cm³/mol. The van der Waals surface area contributed by atoms with Crippen molar-refractivity contribution in [3.8, 4) is 0 Å². The Morgan fingerprint density at radius 3 is 2.19 bits per heavy atom. The third kappa shape index (κ3) is 4.70. The number of anilines is 3. The van der Waals surface area contributed by atoms with Crippen LogP contribution < -0.4 is 10.6 Å². The first-order valence-electron chi connectivity index (χ1n) is 8.72. The SMILES string of the molecule is CC(C)(C)c1ccc(Nc2ccc(NC(=O)c3ccccc3F)cn2)cc1. The van der Waals surface area contributed by atoms with E-state index < -0.39 is 11.7 Å². The van der Waals surface area contributed by atoms with Crippen LogP contribution in [0.15, 0.2) is 66.9 Å². The monoisotopic (exact) mass is 363 g/mol. The van der Waals surface area contributed by atoms with Gasteiger partial charge < -0.3 is 10.6 Å². The number of benzene rings is 2. The van der Waals surface area contributed by atoms with E-state index in [0.29, 0.717) is 11.5 Å². The fourth-order valence-electron chi connectivity index (χ4n) is 2.59. The second kappa shape index (κ2) is 7.58. The van der Waals surface area contributed by atoms with Crippen molar-refractivity contribution < 1.29 is 9.18 Å². The van der Waals surface area contributed by atoms with Crippen LogP contribution in [0.4, 0.5) is 21.6 Å². The predicted octanol–water partition coefficient (Wildman–Crippen LogP) is 5.51. The lowest BCUT2D eigenvalue weighted by molar-refractivity contribution is 0.102. The Morgan fingerprint density at radius 1 is 0.926 bits per heavy atom. The first-order chi connectivity index (χ1) is 12.8. The van der Waals surface area contributed by atoms with Crippen molar-refractivity contribution in [2.75, 3.05) is 10.6 Å². The van der Waals surface area contributed by atoms with Gasteiger partial charge in [-0.25, -0.2) is 9.37 Å². The molecule has 0 atom stereocenters. The zero-order chi connectivity index (χ0) is 19.4. The minimum atomic E-state index is -0.556. The molecule has 138 valence electrons. The van der Waals surface area contributed by atoms with Gasteiger partial charge in [0.25, 0.3) is 5.91 Å². The van der Waals surface area contributed by atoms with E-state index in [0.717, 1.165) is 5.69 Å². The van der Waals surface area contributed by atoms with Gasteiger partial charge in [0.2, 0.25) is 0 Å². The van der Waals surface area contributed by atoms with Gasteiger partial charge in [-0.1, -0.05) is 45.0 Å². The summed E-state index contributed by atoms with van der Waals surface area (Å²) in [5, 5.41) is 5.87. The quantitative estimate of drug-likeness (QED) is 0.642. The summed E-state index contributed by atoms with van der Waals surface area (Å²) < 4.78 is 13.7. The van der Waals surface area contributed by atoms with E-state index in [-0.39, 0.29) is 11.0 Å². The number of hydrogen-bond donors (Lipinski definition) is 2. The van der Waals surface area contributed by atoms with Crippen molar-refractivity contribution in [2.45, 2.75) is 26.2 Å². The molecular weight excluding hydrogens is 341 g/mol. The highest BCUT2D eigenvalue weighted by molar-refractivity contribution is 6.04. The molecule has 0 saturated heterocycles. The van der Waals surface area contributed by atoms with Crippen LogP contribution in [-0.4, -0.2) is 10.9 Å². The van der Waals surface area contributed by atoms with Crippen LogP contribution in [0.1, 0.15) is 36.7 Å². The Labute approximate surface area is 158 Å². The Balaban J connectivity index is 1.65. The van der Waals surface area contributed by atoms with Crippen LogP contribution in [-0.2, 0) is 5.41 Å². The molecule has 0 spiro atoms. The van der Waals surface area contributed by atoms with Gasteiger partial charge >= 0.3 is 0 Å². The zero-order valence-corrected chi connectivity index (χ0v) is 15.6. The molecule has 1 amide bonds. The third-order valence-corrected chi connectivity index (χ3v) is 4.16. The topological polar surface area (TPSA) is 54.0 Å². The lowest BCUT2D eigenvalue weighted by Crippen LogP contribution is -2.13. The number of halogens is 1. The molecule has 27 heavy (non-hydrogen) atoms. The van der Waals surface area contributed by atoms with Crippen LogP contribution in [0.3, 0.4) is 0 Å². The van der Waals surface area contributed by atoms with Gasteiger partial charge in [-0.3, -0.25) is 4.79 Å². The normalized spacial score (nSPS) is 11.1. The molecule has 0 aliphatic heterocycles. The van der Waals surface area contributed by atoms with Crippen LogP contribution >= 0.6 is 0 Å². The highest BCUT2D eigenvalue weighted by atomic mass is 19.1. The largest absolute Gasteiger partial charge is 0.340 e. The number of pyridine rings is 1. The van der Waals surface area contributed by atoms with E-state index in [1.807, 2.05) is 12.1 Å². The van der Waals surface area contributed by atoms with Crippen molar-refractivity contribution in [3.05, 3.63) is 83.8 Å². The minimum Gasteiger partial charge on any atom is -0.340 e. The maximum absolute atomic E-state index is 13.7. The molecule has 0 bridgehead atoms. The Bertz CT molecular complexity index is 929. The highest BCUT2D eigenvalue weighted by Gasteiger charge is 2.13. The van der Waals surface area contributed by atoms with E-state index in [1.54, 1.807) is 24.3 Å². The summed E-state index contributed by atoms with van der Waals surface area (Å²) >= 11 is 0. The summed E-state index contributed by atoms with van der Waals surface area (Å²) in [5.41, 5.74) is 2.79. The minimum absolute atomic E-state index is 0.00126. The molecule has 1 aromatic heterocycles. The van der Waals surface area contributed by atoms with Crippen molar-refractivity contribution in [2.24, 2.45) is 0 Å². The molecular formula is C22H22FN3O. The molecule has 0 unspecified atom stereocenters. The number of carbonyl (C=O) groups is 1. The van der Waals surface area contributed by atoms with E-state index in [1.165, 1.54) is 23.9 Å². The fraction of sp³-hybridized carbons (Fsp3) is 0.182. The van der Waals surface area contributed by atoms with Crippen LogP contribution in [0.25, 0.3) is 0 Å². The molecule has 1 heterocycles. The molecule has 0 fully saturated rings. The molecule has 5 heteroatoms. The van der Waals surface area contributed by atoms with Crippen LogP contribution in [0, 0.1) is 5.82 Å². The summed E-state index contributed by atoms with van der Waals surface area (Å²) in [4.78, 5) is 16.4. The average Bonchev–Trinajstić information content (AvgIpc) is 2.63. The molecule has 2 N–H and O–H groups in total. The summed E-state index contributed by atoms with van der Waals surface area (Å²) in [6, 6.07) is 17.5. The van der Waals surface area contributed by atoms with Gasteiger partial charge in [0.15, 0.2) is 0 Å². The van der Waals surface area contributed by atoms with E-state index in [4.69, 9.17) is 0 Å². The Morgan fingerprint density at radius 2 is 1.59 bits per heavy atom. The molecule has 0 aliphatic rings. The molecule has 0 saturated carbocycles. The smallest absolute Gasteiger partial charge is 0.258 e. The molecule has 3 rings (SSSR count). The van der Waals surface area contributed by atoms with Gasteiger partial charge in [-0.15, -0.1) is 0 Å². The molecule has 4 nitrogen and oxygen atoms in total. The Hall–Kier alpha value is -3.21. The second-order valence-corrected chi connectivity index (χ2v) is 7.32. The highest BCUT2D eigenvalue weighted by Crippen LogP contribution is 2.24. The molecule has 0 radical (unpaired) electrons. The molecule has 3 aromatic rings. The average molecular weight is 363 g/mol. The summed E-state index contributed by atoms with van der Waals surface area (Å²) in [5.74, 6) is -0.407. The van der Waals surface area contributed by atoms with E-state index in [2.05, 4.69) is 48.5 Å². The van der Waals surface area contributed by atoms with Gasteiger partial charge in [0, 0.05) is 5.69 Å². The standard InChI is InChI=1S/C22H22FN3O/c1-22(2,3)15-8-10-16(11-9-15)25-20-13-12-17(14-24-20)26-21(27)18-6-4-5-7-19(18)23/h4-14H,1-3H3,(H,24,25)(H,26,27). The van der Waals surface area contributed by atoms with E-state index in [9.17, 15) is 9.18 Å². The molecule has 0 aliphatic carbocycles. The fourth-order valence-corrected chi connectivity index (χ4v) is 2.59. The molecule has 2 aromatic carbocycles. The lowest BCUT2D eigenvalue weighted by Gasteiger charge is -2.19. The first-order valence-corrected chi connectivity index (χ1v) is 8.72. The summed E-state index contributed by atoms with van der Waals surface area (Å²) in [7, 11) is 0. The number of rotatable bonds is 4. The van der Waals surface area contributed by atoms with Crippen molar-refractivity contribution in [3.63, 3.8) is 0 Å². The van der Waals surface area contributed by atoms with Crippen molar-refractivity contribution in [1.29, 1.82) is 0 Å². The van der Waals surface area contributed by atoms with Crippen LogP contribution in [0.2, 0.25) is 0 Å². The van der Waals surface area contributed by atoms with Gasteiger partial charge in [-0.05, 0) is 47.4 Å². The maximum Gasteiger partial charge on any atom is 0.258 e. The van der Waals surface area contributed by atoms with Gasteiger partial charge in [-0.2, -0.15) is 0 Å². The number of aromatic nitrogens is 1. The number of carbonyl (C=O) groups excluding carboxylic acids is 1. The Kier molecular flexibility index (Phi) is 5.21. The van der Waals surface area contributed by atoms with Gasteiger partial charge in [0.1, 0.15) is 11.6 Å². The summed E-state index contributed by atoms with van der Waals surface area (Å²) in [6.07, 6.45) is 1.53. The van der Waals surface area contributed by atoms with Crippen molar-refractivity contribution in [1.82, 2.24) is 4.98 Å². The number of amides is 1. The number of nitrogens with one attached hydrogen (secondary N) is 2. The summed E-state index contributed by atoms with van der Waals surface area (Å²) in [6.45, 7) is 6.52.